The standard InChI is InChI=1S/C32H44O7/c1-24-21-31(38-29(24)15-20-36-22-25-7-5-4-6-8-25)17-18-32(39-31)30(2,33)16-13-28(37-32)14-19-35-23-26-9-11-27(34-3)12-10-26/h4-12,24,28-29,33H,13-23H2,1-3H3/t24-,28+,29-,30-,31-,32-/m1/s1. The summed E-state index contributed by atoms with van der Waals surface area (Å²) in [5, 5.41) is 11.4. The lowest BCUT2D eigenvalue weighted by molar-refractivity contribution is -0.388. The smallest absolute Gasteiger partial charge is 0.200 e. The molecule has 5 rings (SSSR count). The van der Waals surface area contributed by atoms with E-state index < -0.39 is 17.2 Å². The monoisotopic (exact) mass is 540 g/mol. The quantitative estimate of drug-likeness (QED) is 0.363. The zero-order chi connectivity index (χ0) is 27.3. The first-order valence-electron chi connectivity index (χ1n) is 14.4. The Morgan fingerprint density at radius 3 is 2.28 bits per heavy atom. The van der Waals surface area contributed by atoms with Crippen molar-refractivity contribution in [3.63, 3.8) is 0 Å². The number of aliphatic hydroxyl groups is 1. The summed E-state index contributed by atoms with van der Waals surface area (Å²) in [5.74, 6) is -0.578. The number of ether oxygens (including phenoxy) is 6. The Bertz CT molecular complexity index is 1040. The number of rotatable bonds is 11. The van der Waals surface area contributed by atoms with E-state index in [0.717, 1.165) is 43.4 Å². The molecule has 3 aliphatic rings. The molecule has 0 unspecified atom stereocenters. The van der Waals surface area contributed by atoms with Crippen LogP contribution < -0.4 is 4.74 Å². The normalized spacial score (nSPS) is 34.2. The van der Waals surface area contributed by atoms with Crippen LogP contribution in [0.4, 0.5) is 0 Å². The van der Waals surface area contributed by atoms with Crippen molar-refractivity contribution in [1.82, 2.24) is 0 Å². The van der Waals surface area contributed by atoms with Crippen LogP contribution in [0, 0.1) is 5.92 Å². The second-order valence-corrected chi connectivity index (χ2v) is 11.7. The van der Waals surface area contributed by atoms with Crippen LogP contribution in [-0.2, 0) is 36.9 Å². The number of benzene rings is 2. The largest absolute Gasteiger partial charge is 0.497 e. The Hall–Kier alpha value is -2.00. The molecule has 7 heteroatoms. The van der Waals surface area contributed by atoms with E-state index in [4.69, 9.17) is 28.4 Å². The van der Waals surface area contributed by atoms with Gasteiger partial charge in [-0.1, -0.05) is 49.4 Å². The molecule has 0 aliphatic carbocycles. The average Bonchev–Trinajstić information content (AvgIpc) is 3.46. The molecule has 214 valence electrons. The van der Waals surface area contributed by atoms with Crippen LogP contribution >= 0.6 is 0 Å². The Morgan fingerprint density at radius 2 is 1.56 bits per heavy atom. The first-order valence-corrected chi connectivity index (χ1v) is 14.4. The molecule has 2 spiro atoms. The van der Waals surface area contributed by atoms with Crippen molar-refractivity contribution in [3.05, 3.63) is 65.7 Å². The topological polar surface area (TPSA) is 75.6 Å². The Balaban J connectivity index is 1.10. The van der Waals surface area contributed by atoms with Crippen molar-refractivity contribution in [2.75, 3.05) is 20.3 Å². The highest BCUT2D eigenvalue weighted by atomic mass is 16.8. The fourth-order valence-electron chi connectivity index (χ4n) is 6.23. The van der Waals surface area contributed by atoms with Crippen molar-refractivity contribution in [2.45, 2.75) is 101 Å². The highest BCUT2D eigenvalue weighted by molar-refractivity contribution is 5.26. The van der Waals surface area contributed by atoms with Gasteiger partial charge in [-0.05, 0) is 61.8 Å². The molecule has 39 heavy (non-hydrogen) atoms. The summed E-state index contributed by atoms with van der Waals surface area (Å²) in [5.41, 5.74) is 1.21. The fourth-order valence-corrected chi connectivity index (χ4v) is 6.23. The SMILES string of the molecule is COc1ccc(COCC[C@@H]2CC[C@@](C)(O)[C@]3(CC[C@]4(C[C@@H](C)[C@@H](CCOCc5ccccc5)O4)O3)O2)cc1. The molecule has 1 N–H and O–H groups in total. The molecule has 0 radical (unpaired) electrons. The van der Waals surface area contributed by atoms with E-state index in [1.165, 1.54) is 5.56 Å². The van der Waals surface area contributed by atoms with Crippen LogP contribution in [0.5, 0.6) is 5.75 Å². The van der Waals surface area contributed by atoms with Crippen molar-refractivity contribution in [1.29, 1.82) is 0 Å². The Labute approximate surface area is 232 Å². The Kier molecular flexibility index (Phi) is 8.96. The zero-order valence-electron chi connectivity index (χ0n) is 23.6. The first-order chi connectivity index (χ1) is 18.8. The van der Waals surface area contributed by atoms with Crippen molar-refractivity contribution >= 4 is 0 Å². The number of hydrogen-bond acceptors (Lipinski definition) is 7. The van der Waals surface area contributed by atoms with Gasteiger partial charge in [-0.25, -0.2) is 0 Å². The van der Waals surface area contributed by atoms with Crippen molar-refractivity contribution < 1.29 is 33.5 Å². The highest BCUT2D eigenvalue weighted by Gasteiger charge is 2.64. The summed E-state index contributed by atoms with van der Waals surface area (Å²) in [7, 11) is 1.66. The molecule has 0 bridgehead atoms. The van der Waals surface area contributed by atoms with E-state index in [0.29, 0.717) is 45.2 Å². The van der Waals surface area contributed by atoms with Crippen LogP contribution in [0.1, 0.15) is 69.9 Å². The van der Waals surface area contributed by atoms with Crippen LogP contribution in [0.15, 0.2) is 54.6 Å². The predicted octanol–water partition coefficient (Wildman–Crippen LogP) is 5.77. The molecule has 3 aliphatic heterocycles. The molecule has 3 heterocycles. The Morgan fingerprint density at radius 1 is 0.872 bits per heavy atom. The van der Waals surface area contributed by atoms with Crippen LogP contribution in [0.25, 0.3) is 0 Å². The summed E-state index contributed by atoms with van der Waals surface area (Å²) in [6, 6.07) is 18.1. The van der Waals surface area contributed by atoms with E-state index in [1.54, 1.807) is 7.11 Å². The lowest BCUT2D eigenvalue weighted by atomic mass is 9.83. The van der Waals surface area contributed by atoms with Crippen LogP contribution in [0.3, 0.4) is 0 Å². The van der Waals surface area contributed by atoms with Gasteiger partial charge in [0, 0.05) is 32.5 Å². The average molecular weight is 541 g/mol. The van der Waals surface area contributed by atoms with Gasteiger partial charge in [-0.15, -0.1) is 0 Å². The van der Waals surface area contributed by atoms with E-state index in [-0.39, 0.29) is 12.2 Å². The van der Waals surface area contributed by atoms with Gasteiger partial charge < -0.3 is 33.5 Å². The lowest BCUT2D eigenvalue weighted by Gasteiger charge is -2.49. The van der Waals surface area contributed by atoms with Gasteiger partial charge in [0.15, 0.2) is 5.79 Å². The summed E-state index contributed by atoms with van der Waals surface area (Å²) in [6.45, 7) is 6.43. The zero-order valence-corrected chi connectivity index (χ0v) is 23.6. The minimum absolute atomic E-state index is 0.0303. The summed E-state index contributed by atoms with van der Waals surface area (Å²) in [6.07, 6.45) is 5.13. The first kappa shape index (κ1) is 28.5. The second-order valence-electron chi connectivity index (χ2n) is 11.7. The van der Waals surface area contributed by atoms with Gasteiger partial charge in [-0.2, -0.15) is 0 Å². The third-order valence-electron chi connectivity index (χ3n) is 8.62. The highest BCUT2D eigenvalue weighted by Crippen LogP contribution is 2.55. The summed E-state index contributed by atoms with van der Waals surface area (Å²) < 4.78 is 36.9. The van der Waals surface area contributed by atoms with Gasteiger partial charge >= 0.3 is 0 Å². The molecule has 2 aromatic carbocycles. The molecule has 0 saturated carbocycles. The third-order valence-corrected chi connectivity index (χ3v) is 8.62. The van der Waals surface area contributed by atoms with Gasteiger partial charge in [0.1, 0.15) is 11.4 Å². The van der Waals surface area contributed by atoms with E-state index in [2.05, 4.69) is 19.1 Å². The number of hydrogen-bond donors (Lipinski definition) is 1. The van der Waals surface area contributed by atoms with Crippen molar-refractivity contribution in [3.8, 4) is 5.75 Å². The molecular formula is C32H44O7. The molecule has 2 aromatic rings. The minimum atomic E-state index is -1.07. The van der Waals surface area contributed by atoms with Gasteiger partial charge in [0.2, 0.25) is 5.79 Å². The molecule has 3 fully saturated rings. The third kappa shape index (κ3) is 6.67. The van der Waals surface area contributed by atoms with Crippen LogP contribution in [0.2, 0.25) is 0 Å². The summed E-state index contributed by atoms with van der Waals surface area (Å²) >= 11 is 0. The predicted molar refractivity (Wildman–Crippen MR) is 147 cm³/mol. The van der Waals surface area contributed by atoms with E-state index in [1.807, 2.05) is 49.4 Å². The maximum Gasteiger partial charge on any atom is 0.200 e. The summed E-state index contributed by atoms with van der Waals surface area (Å²) in [4.78, 5) is 0. The molecule has 0 aromatic heterocycles. The van der Waals surface area contributed by atoms with E-state index >= 15 is 0 Å². The second kappa shape index (κ2) is 12.2. The van der Waals surface area contributed by atoms with Gasteiger partial charge in [-0.3, -0.25) is 0 Å². The van der Waals surface area contributed by atoms with Gasteiger partial charge in [0.25, 0.3) is 0 Å². The molecular weight excluding hydrogens is 496 g/mol. The van der Waals surface area contributed by atoms with Crippen molar-refractivity contribution in [2.24, 2.45) is 5.92 Å². The molecule has 7 nitrogen and oxygen atoms in total. The van der Waals surface area contributed by atoms with E-state index in [9.17, 15) is 5.11 Å². The maximum absolute atomic E-state index is 11.4. The molecule has 6 atom stereocenters. The maximum atomic E-state index is 11.4. The minimum Gasteiger partial charge on any atom is -0.497 e. The van der Waals surface area contributed by atoms with Crippen LogP contribution in [-0.4, -0.2) is 54.8 Å². The lowest BCUT2D eigenvalue weighted by Crippen LogP contribution is -2.60. The fraction of sp³-hybridized carbons (Fsp3) is 0.625. The molecule has 0 amide bonds. The number of methoxy groups -OCH3 is 1. The molecule has 3 saturated heterocycles. The van der Waals surface area contributed by atoms with Gasteiger partial charge in [0.05, 0.1) is 32.5 Å².